The third-order valence-corrected chi connectivity index (χ3v) is 3.10. The molecule has 2 atom stereocenters. The second kappa shape index (κ2) is 7.33. The number of carbonyl (C=O) groups is 2. The highest BCUT2D eigenvalue weighted by Crippen LogP contribution is 2.21. The molecule has 2 unspecified atom stereocenters. The number of carboxylic acid groups (broad SMARTS) is 1. The van der Waals surface area contributed by atoms with Gasteiger partial charge in [0.05, 0.1) is 0 Å². The Labute approximate surface area is 107 Å². The van der Waals surface area contributed by atoms with Gasteiger partial charge in [-0.2, -0.15) is 0 Å². The molecule has 104 valence electrons. The number of aliphatic carboxylic acids is 1. The molecule has 0 radical (unpaired) electrons. The minimum atomic E-state index is -1.00. The summed E-state index contributed by atoms with van der Waals surface area (Å²) in [7, 11) is 1.69. The van der Waals surface area contributed by atoms with E-state index in [2.05, 4.69) is 0 Å². The summed E-state index contributed by atoms with van der Waals surface area (Å²) in [6.07, 6.45) is 1.84. The third kappa shape index (κ3) is 4.27. The number of hydrogen-bond acceptors (Lipinski definition) is 4. The van der Waals surface area contributed by atoms with E-state index < -0.39 is 18.2 Å². The number of aliphatic hydroxyl groups excluding tert-OH is 1. The topological polar surface area (TPSA) is 87.1 Å². The minimum Gasteiger partial charge on any atom is -0.479 e. The normalized spacial score (nSPS) is 23.0. The predicted molar refractivity (Wildman–Crippen MR) is 64.1 cm³/mol. The van der Waals surface area contributed by atoms with Crippen molar-refractivity contribution in [2.75, 3.05) is 20.2 Å². The largest absolute Gasteiger partial charge is 0.479 e. The van der Waals surface area contributed by atoms with Crippen LogP contribution in [-0.4, -0.2) is 59.4 Å². The fraction of sp³-hybridized carbons (Fsp3) is 0.833. The number of nitrogens with zero attached hydrogens (tertiary/aromatic N) is 1. The van der Waals surface area contributed by atoms with Crippen LogP contribution in [0.2, 0.25) is 0 Å². The standard InChI is InChI=1S/C12H21NO5/c1-13(7-3-2-4-8-14)11(15)9-5-6-10(18-9)12(16)17/h9-10,14H,2-8H2,1H3,(H,16,17). The van der Waals surface area contributed by atoms with Crippen molar-refractivity contribution in [1.82, 2.24) is 4.90 Å². The van der Waals surface area contributed by atoms with E-state index in [9.17, 15) is 9.59 Å². The first-order valence-corrected chi connectivity index (χ1v) is 6.30. The number of unbranched alkanes of at least 4 members (excludes halogenated alkanes) is 2. The maximum atomic E-state index is 11.9. The van der Waals surface area contributed by atoms with Crippen LogP contribution >= 0.6 is 0 Å². The van der Waals surface area contributed by atoms with E-state index in [0.29, 0.717) is 19.4 Å². The average molecular weight is 259 g/mol. The van der Waals surface area contributed by atoms with Crippen LogP contribution in [0.4, 0.5) is 0 Å². The van der Waals surface area contributed by atoms with Crippen molar-refractivity contribution < 1.29 is 24.5 Å². The number of aliphatic hydroxyl groups is 1. The van der Waals surface area contributed by atoms with Gasteiger partial charge in [-0.1, -0.05) is 0 Å². The van der Waals surface area contributed by atoms with Gasteiger partial charge in [0, 0.05) is 20.2 Å². The molecule has 0 aromatic rings. The van der Waals surface area contributed by atoms with Crippen LogP contribution in [0, 0.1) is 0 Å². The van der Waals surface area contributed by atoms with Crippen molar-refractivity contribution in [3.8, 4) is 0 Å². The molecule has 0 saturated carbocycles. The van der Waals surface area contributed by atoms with Gasteiger partial charge >= 0.3 is 5.97 Å². The quantitative estimate of drug-likeness (QED) is 0.639. The smallest absolute Gasteiger partial charge is 0.332 e. The first-order valence-electron chi connectivity index (χ1n) is 6.30. The van der Waals surface area contributed by atoms with Crippen LogP contribution in [0.3, 0.4) is 0 Å². The Morgan fingerprint density at radius 1 is 1.22 bits per heavy atom. The van der Waals surface area contributed by atoms with Crippen LogP contribution in [0.1, 0.15) is 32.1 Å². The van der Waals surface area contributed by atoms with Crippen molar-refractivity contribution in [1.29, 1.82) is 0 Å². The van der Waals surface area contributed by atoms with E-state index in [1.165, 1.54) is 0 Å². The number of carbonyl (C=O) groups excluding carboxylic acids is 1. The highest BCUT2D eigenvalue weighted by atomic mass is 16.5. The monoisotopic (exact) mass is 259 g/mol. The zero-order valence-electron chi connectivity index (χ0n) is 10.7. The van der Waals surface area contributed by atoms with E-state index in [1.54, 1.807) is 11.9 Å². The molecule has 0 aromatic carbocycles. The Morgan fingerprint density at radius 3 is 2.44 bits per heavy atom. The molecule has 1 aliphatic heterocycles. The van der Waals surface area contributed by atoms with Crippen molar-refractivity contribution in [3.05, 3.63) is 0 Å². The number of hydrogen-bond donors (Lipinski definition) is 2. The third-order valence-electron chi connectivity index (χ3n) is 3.10. The summed E-state index contributed by atoms with van der Waals surface area (Å²) in [6.45, 7) is 0.778. The van der Waals surface area contributed by atoms with Gasteiger partial charge in [-0.05, 0) is 32.1 Å². The summed E-state index contributed by atoms with van der Waals surface area (Å²) in [5, 5.41) is 17.4. The van der Waals surface area contributed by atoms with E-state index in [-0.39, 0.29) is 12.5 Å². The lowest BCUT2D eigenvalue weighted by molar-refractivity contribution is -0.154. The molecular formula is C12H21NO5. The van der Waals surface area contributed by atoms with E-state index >= 15 is 0 Å². The second-order valence-electron chi connectivity index (χ2n) is 4.57. The fourth-order valence-electron chi connectivity index (χ4n) is 1.99. The van der Waals surface area contributed by atoms with Crippen molar-refractivity contribution in [2.24, 2.45) is 0 Å². The van der Waals surface area contributed by atoms with Crippen LogP contribution < -0.4 is 0 Å². The molecule has 6 heteroatoms. The van der Waals surface area contributed by atoms with Gasteiger partial charge < -0.3 is 19.8 Å². The zero-order chi connectivity index (χ0) is 13.5. The van der Waals surface area contributed by atoms with Crippen LogP contribution in [0.5, 0.6) is 0 Å². The Morgan fingerprint density at radius 2 is 1.89 bits per heavy atom. The second-order valence-corrected chi connectivity index (χ2v) is 4.57. The maximum absolute atomic E-state index is 11.9. The van der Waals surface area contributed by atoms with Gasteiger partial charge in [0.2, 0.25) is 0 Å². The van der Waals surface area contributed by atoms with Gasteiger partial charge in [0.15, 0.2) is 6.10 Å². The van der Waals surface area contributed by atoms with Crippen LogP contribution in [0.25, 0.3) is 0 Å². The Bertz CT molecular complexity index is 294. The van der Waals surface area contributed by atoms with E-state index in [0.717, 1.165) is 19.3 Å². The lowest BCUT2D eigenvalue weighted by Crippen LogP contribution is -2.37. The lowest BCUT2D eigenvalue weighted by Gasteiger charge is -2.20. The van der Waals surface area contributed by atoms with Crippen molar-refractivity contribution in [3.63, 3.8) is 0 Å². The van der Waals surface area contributed by atoms with Gasteiger partial charge in [0.1, 0.15) is 6.10 Å². The van der Waals surface area contributed by atoms with Crippen LogP contribution in [0.15, 0.2) is 0 Å². The summed E-state index contributed by atoms with van der Waals surface area (Å²) in [5.74, 6) is -1.15. The summed E-state index contributed by atoms with van der Waals surface area (Å²) < 4.78 is 5.20. The minimum absolute atomic E-state index is 0.150. The number of amides is 1. The van der Waals surface area contributed by atoms with Gasteiger partial charge in [-0.15, -0.1) is 0 Å². The molecule has 1 amide bonds. The molecule has 1 aliphatic rings. The number of likely N-dealkylation sites (N-methyl/N-ethyl adjacent to an activating group) is 1. The number of carboxylic acids is 1. The number of rotatable bonds is 7. The summed E-state index contributed by atoms with van der Waals surface area (Å²) in [6, 6.07) is 0. The molecule has 1 heterocycles. The first-order chi connectivity index (χ1) is 8.56. The zero-order valence-corrected chi connectivity index (χ0v) is 10.7. The van der Waals surface area contributed by atoms with Gasteiger partial charge in [-0.3, -0.25) is 4.79 Å². The summed E-state index contributed by atoms with van der Waals surface area (Å²) in [4.78, 5) is 24.2. The highest BCUT2D eigenvalue weighted by Gasteiger charge is 2.35. The molecule has 1 rings (SSSR count). The lowest BCUT2D eigenvalue weighted by atomic mass is 10.1. The van der Waals surface area contributed by atoms with Gasteiger partial charge in [-0.25, -0.2) is 4.79 Å². The van der Waals surface area contributed by atoms with E-state index in [1.807, 2.05) is 0 Å². The first kappa shape index (κ1) is 14.9. The average Bonchev–Trinajstić information content (AvgIpc) is 2.83. The Hall–Kier alpha value is -1.14. The maximum Gasteiger partial charge on any atom is 0.332 e. The molecule has 18 heavy (non-hydrogen) atoms. The molecule has 0 spiro atoms. The Kier molecular flexibility index (Phi) is 6.07. The molecule has 0 aliphatic carbocycles. The number of ether oxygens (including phenoxy) is 1. The predicted octanol–water partition coefficient (Wildman–Crippen LogP) is 0.240. The molecule has 1 fully saturated rings. The fourth-order valence-corrected chi connectivity index (χ4v) is 1.99. The molecule has 2 N–H and O–H groups in total. The Balaban J connectivity index is 2.29. The van der Waals surface area contributed by atoms with Crippen molar-refractivity contribution in [2.45, 2.75) is 44.3 Å². The SMILES string of the molecule is CN(CCCCCO)C(=O)C1CCC(C(=O)O)O1. The summed E-state index contributed by atoms with van der Waals surface area (Å²) >= 11 is 0. The molecule has 6 nitrogen and oxygen atoms in total. The van der Waals surface area contributed by atoms with Crippen molar-refractivity contribution >= 4 is 11.9 Å². The molecule has 1 saturated heterocycles. The van der Waals surface area contributed by atoms with Crippen LogP contribution in [-0.2, 0) is 14.3 Å². The highest BCUT2D eigenvalue weighted by molar-refractivity contribution is 5.82. The molecule has 0 aromatic heterocycles. The summed E-state index contributed by atoms with van der Waals surface area (Å²) in [5.41, 5.74) is 0. The molecular weight excluding hydrogens is 238 g/mol. The van der Waals surface area contributed by atoms with E-state index in [4.69, 9.17) is 14.9 Å². The molecule has 0 bridgehead atoms. The van der Waals surface area contributed by atoms with Gasteiger partial charge in [0.25, 0.3) is 5.91 Å².